The molecule has 0 spiro atoms. The summed E-state index contributed by atoms with van der Waals surface area (Å²) < 4.78 is 22.4. The van der Waals surface area contributed by atoms with E-state index in [-0.39, 0.29) is 18.7 Å². The van der Waals surface area contributed by atoms with Gasteiger partial charge in [-0.15, -0.1) is 0 Å². The van der Waals surface area contributed by atoms with E-state index in [1.54, 1.807) is 0 Å². The van der Waals surface area contributed by atoms with Crippen molar-refractivity contribution in [3.8, 4) is 0 Å². The van der Waals surface area contributed by atoms with Gasteiger partial charge in [0.2, 0.25) is 5.91 Å². The predicted molar refractivity (Wildman–Crippen MR) is 46.1 cm³/mol. The Morgan fingerprint density at radius 3 is 2.33 bits per heavy atom. The third kappa shape index (κ3) is 3.68. The lowest BCUT2D eigenvalue weighted by Crippen LogP contribution is -2.30. The highest BCUT2D eigenvalue weighted by Crippen LogP contribution is 2.01. The van der Waals surface area contributed by atoms with Crippen molar-refractivity contribution in [1.29, 1.82) is 0 Å². The van der Waals surface area contributed by atoms with Gasteiger partial charge in [-0.3, -0.25) is 4.79 Å². The number of rotatable bonds is 5. The quantitative estimate of drug-likeness (QED) is 0.563. The summed E-state index contributed by atoms with van der Waals surface area (Å²) in [5.74, 6) is -0.816. The van der Waals surface area contributed by atoms with Crippen LogP contribution in [0.3, 0.4) is 0 Å². The highest BCUT2D eigenvalue weighted by atomic mass is 32.2. The minimum absolute atomic E-state index is 0.0705. The summed E-state index contributed by atoms with van der Waals surface area (Å²) in [5, 5.41) is -0.600. The van der Waals surface area contributed by atoms with Gasteiger partial charge in [-0.05, 0) is 6.92 Å². The lowest BCUT2D eigenvalue weighted by molar-refractivity contribution is -0.117. The van der Waals surface area contributed by atoms with Gasteiger partial charge in [0, 0.05) is 13.0 Å². The second-order valence-electron chi connectivity index (χ2n) is 2.63. The fraction of sp³-hybridized carbons (Fsp3) is 0.833. The molecule has 1 atom stereocenters. The van der Waals surface area contributed by atoms with Crippen molar-refractivity contribution >= 4 is 15.7 Å². The van der Waals surface area contributed by atoms with Gasteiger partial charge in [0.05, 0.1) is 11.0 Å². The van der Waals surface area contributed by atoms with E-state index < -0.39 is 21.0 Å². The van der Waals surface area contributed by atoms with Crippen LogP contribution in [0.2, 0.25) is 0 Å². The first kappa shape index (κ1) is 11.4. The van der Waals surface area contributed by atoms with Crippen molar-refractivity contribution < 1.29 is 13.2 Å². The normalized spacial score (nSPS) is 14.2. The highest BCUT2D eigenvalue weighted by molar-refractivity contribution is 7.92. The lowest BCUT2D eigenvalue weighted by atomic mass is 10.5. The molecule has 0 heterocycles. The van der Waals surface area contributed by atoms with E-state index in [0.29, 0.717) is 0 Å². The zero-order valence-electron chi connectivity index (χ0n) is 6.99. The largest absolute Gasteiger partial charge is 0.370 e. The number of hydrogen-bond donors (Lipinski definition) is 2. The molecule has 0 aromatic rings. The molecule has 1 amide bonds. The van der Waals surface area contributed by atoms with Crippen LogP contribution >= 0.6 is 0 Å². The van der Waals surface area contributed by atoms with E-state index in [4.69, 9.17) is 11.5 Å². The van der Waals surface area contributed by atoms with Crippen LogP contribution in [0.1, 0.15) is 13.3 Å². The summed E-state index contributed by atoms with van der Waals surface area (Å²) in [6.45, 7) is 1.58. The molecule has 0 saturated heterocycles. The van der Waals surface area contributed by atoms with Gasteiger partial charge >= 0.3 is 0 Å². The minimum atomic E-state index is -3.23. The maximum absolute atomic E-state index is 11.2. The number of primary amides is 1. The van der Waals surface area contributed by atoms with E-state index in [1.807, 2.05) is 0 Å². The van der Waals surface area contributed by atoms with Gasteiger partial charge < -0.3 is 11.5 Å². The summed E-state index contributed by atoms with van der Waals surface area (Å²) in [7, 11) is -3.23. The van der Waals surface area contributed by atoms with Crippen LogP contribution in [-0.2, 0) is 14.6 Å². The van der Waals surface area contributed by atoms with Crippen LogP contribution in [0.25, 0.3) is 0 Å². The first-order valence-electron chi connectivity index (χ1n) is 3.60. The second-order valence-corrected chi connectivity index (χ2v) is 5.17. The molecule has 12 heavy (non-hydrogen) atoms. The van der Waals surface area contributed by atoms with Crippen LogP contribution in [0, 0.1) is 0 Å². The Bertz CT molecular complexity index is 248. The van der Waals surface area contributed by atoms with Gasteiger partial charge in [0.1, 0.15) is 0 Å². The van der Waals surface area contributed by atoms with Gasteiger partial charge in [-0.1, -0.05) is 0 Å². The Kier molecular flexibility index (Phi) is 4.19. The zero-order valence-corrected chi connectivity index (χ0v) is 7.80. The Balaban J connectivity index is 4.15. The average Bonchev–Trinajstić information content (AvgIpc) is 1.99. The van der Waals surface area contributed by atoms with Crippen LogP contribution < -0.4 is 11.5 Å². The molecule has 0 rings (SSSR count). The van der Waals surface area contributed by atoms with Crippen molar-refractivity contribution in [2.24, 2.45) is 11.5 Å². The van der Waals surface area contributed by atoms with Crippen molar-refractivity contribution in [2.45, 2.75) is 18.6 Å². The molecule has 6 heteroatoms. The van der Waals surface area contributed by atoms with Gasteiger partial charge in [-0.2, -0.15) is 0 Å². The molecule has 0 saturated carbocycles. The molecule has 0 radical (unpaired) electrons. The number of amides is 1. The Hall–Kier alpha value is -0.620. The van der Waals surface area contributed by atoms with Crippen LogP contribution in [-0.4, -0.2) is 31.9 Å². The van der Waals surface area contributed by atoms with Crippen LogP contribution in [0.4, 0.5) is 0 Å². The number of nitrogens with two attached hydrogens (primary N) is 2. The number of sulfone groups is 1. The summed E-state index contributed by atoms with van der Waals surface area (Å²) in [6, 6.07) is 0. The van der Waals surface area contributed by atoms with E-state index in [9.17, 15) is 13.2 Å². The fourth-order valence-corrected chi connectivity index (χ4v) is 1.77. The third-order valence-corrected chi connectivity index (χ3v) is 3.77. The summed E-state index contributed by atoms with van der Waals surface area (Å²) >= 11 is 0. The SMILES string of the molecule is CC(CN)S(=O)(=O)CCC(N)=O. The first-order chi connectivity index (χ1) is 5.40. The van der Waals surface area contributed by atoms with E-state index in [0.717, 1.165) is 0 Å². The first-order valence-corrected chi connectivity index (χ1v) is 5.31. The standard InChI is InChI=1S/C6H14N2O3S/c1-5(4-7)12(10,11)3-2-6(8)9/h5H,2-4,7H2,1H3,(H2,8,9). The predicted octanol–water partition coefficient (Wildman–Crippen LogP) is -1.38. The monoisotopic (exact) mass is 194 g/mol. The van der Waals surface area contributed by atoms with Crippen molar-refractivity contribution in [3.63, 3.8) is 0 Å². The molecule has 0 aliphatic rings. The minimum Gasteiger partial charge on any atom is -0.370 e. The second kappa shape index (κ2) is 4.42. The fourth-order valence-electron chi connectivity index (χ4n) is 0.591. The molecule has 0 aliphatic heterocycles. The molecular formula is C6H14N2O3S. The number of carbonyl (C=O) groups excluding carboxylic acids is 1. The maximum Gasteiger partial charge on any atom is 0.218 e. The molecule has 4 N–H and O–H groups in total. The molecule has 0 aromatic heterocycles. The number of hydrogen-bond acceptors (Lipinski definition) is 4. The maximum atomic E-state index is 11.2. The Labute approximate surface area is 72.0 Å². The highest BCUT2D eigenvalue weighted by Gasteiger charge is 2.19. The third-order valence-electron chi connectivity index (χ3n) is 1.58. The molecule has 0 aromatic carbocycles. The summed E-state index contributed by atoms with van der Waals surface area (Å²) in [5.41, 5.74) is 9.98. The summed E-state index contributed by atoms with van der Waals surface area (Å²) in [6.07, 6.45) is -0.132. The molecular weight excluding hydrogens is 180 g/mol. The van der Waals surface area contributed by atoms with E-state index in [2.05, 4.69) is 0 Å². The van der Waals surface area contributed by atoms with Crippen LogP contribution in [0.5, 0.6) is 0 Å². The summed E-state index contributed by atoms with van der Waals surface area (Å²) in [4.78, 5) is 10.3. The molecule has 0 fully saturated rings. The molecule has 0 bridgehead atoms. The molecule has 0 aliphatic carbocycles. The van der Waals surface area contributed by atoms with Crippen molar-refractivity contribution in [1.82, 2.24) is 0 Å². The van der Waals surface area contributed by atoms with Gasteiger partial charge in [0.15, 0.2) is 9.84 Å². The molecule has 72 valence electrons. The van der Waals surface area contributed by atoms with Crippen LogP contribution in [0.15, 0.2) is 0 Å². The lowest BCUT2D eigenvalue weighted by Gasteiger charge is -2.08. The average molecular weight is 194 g/mol. The van der Waals surface area contributed by atoms with Crippen molar-refractivity contribution in [2.75, 3.05) is 12.3 Å². The van der Waals surface area contributed by atoms with E-state index in [1.165, 1.54) is 6.92 Å². The molecule has 5 nitrogen and oxygen atoms in total. The smallest absolute Gasteiger partial charge is 0.218 e. The van der Waals surface area contributed by atoms with E-state index >= 15 is 0 Å². The zero-order chi connectivity index (χ0) is 9.78. The Morgan fingerprint density at radius 2 is 2.00 bits per heavy atom. The molecule has 1 unspecified atom stereocenters. The topological polar surface area (TPSA) is 103 Å². The van der Waals surface area contributed by atoms with Crippen molar-refractivity contribution in [3.05, 3.63) is 0 Å². The van der Waals surface area contributed by atoms with Gasteiger partial charge in [0.25, 0.3) is 0 Å². The van der Waals surface area contributed by atoms with Gasteiger partial charge in [-0.25, -0.2) is 8.42 Å². The Morgan fingerprint density at radius 1 is 1.50 bits per heavy atom. The number of carbonyl (C=O) groups is 1.